The van der Waals surface area contributed by atoms with Gasteiger partial charge in [-0.1, -0.05) is 6.07 Å². The molecule has 1 aromatic rings. The second-order valence-corrected chi connectivity index (χ2v) is 3.16. The summed E-state index contributed by atoms with van der Waals surface area (Å²) in [6, 6.07) is 6.72. The van der Waals surface area contributed by atoms with E-state index in [-0.39, 0.29) is 5.75 Å². The molecule has 1 rings (SSSR count). The van der Waals surface area contributed by atoms with Crippen molar-refractivity contribution in [3.63, 3.8) is 0 Å². The fraction of sp³-hybridized carbons (Fsp3) is 0.364. The van der Waals surface area contributed by atoms with Gasteiger partial charge >= 0.3 is 0 Å². The first kappa shape index (κ1) is 11.4. The minimum Gasteiger partial charge on any atom is -0.508 e. The van der Waals surface area contributed by atoms with Crippen LogP contribution in [-0.2, 0) is 0 Å². The van der Waals surface area contributed by atoms with Crippen LogP contribution in [0, 0.1) is 0 Å². The molecule has 0 unspecified atom stereocenters. The van der Waals surface area contributed by atoms with Crippen molar-refractivity contribution in [2.24, 2.45) is 10.7 Å². The molecule has 0 spiro atoms. The minimum atomic E-state index is 0.198. The summed E-state index contributed by atoms with van der Waals surface area (Å²) >= 11 is 0. The van der Waals surface area contributed by atoms with Crippen LogP contribution in [0.4, 0.5) is 5.69 Å². The molecule has 0 atom stereocenters. The van der Waals surface area contributed by atoms with Crippen LogP contribution in [0.25, 0.3) is 0 Å². The number of aromatic hydroxyl groups is 1. The highest BCUT2D eigenvalue weighted by atomic mass is 16.3. The summed E-state index contributed by atoms with van der Waals surface area (Å²) in [6.45, 7) is 5.69. The largest absolute Gasteiger partial charge is 0.508 e. The van der Waals surface area contributed by atoms with Gasteiger partial charge in [-0.3, -0.25) is 0 Å². The predicted molar refractivity (Wildman–Crippen MR) is 62.3 cm³/mol. The zero-order chi connectivity index (χ0) is 11.3. The maximum Gasteiger partial charge on any atom is 0.196 e. The first-order valence-electron chi connectivity index (χ1n) is 5.05. The monoisotopic (exact) mass is 207 g/mol. The SMILES string of the molecule is CCN(CC)C(N)=Nc1cccc(O)c1. The molecule has 4 heteroatoms. The standard InChI is InChI=1S/C11H17N3O/c1-3-14(4-2)11(12)13-9-6-5-7-10(15)8-9/h5-8,15H,3-4H2,1-2H3,(H2,12,13). The molecule has 0 fully saturated rings. The molecule has 4 nitrogen and oxygen atoms in total. The molecule has 0 aliphatic heterocycles. The highest BCUT2D eigenvalue weighted by Gasteiger charge is 2.02. The average Bonchev–Trinajstić information content (AvgIpc) is 2.19. The fourth-order valence-corrected chi connectivity index (χ4v) is 1.31. The molecule has 15 heavy (non-hydrogen) atoms. The van der Waals surface area contributed by atoms with Gasteiger partial charge in [0.15, 0.2) is 5.96 Å². The number of benzene rings is 1. The predicted octanol–water partition coefficient (Wildman–Crippen LogP) is 1.68. The van der Waals surface area contributed by atoms with Gasteiger partial charge in [0.05, 0.1) is 5.69 Å². The number of hydrogen-bond donors (Lipinski definition) is 2. The third-order valence-electron chi connectivity index (χ3n) is 2.16. The van der Waals surface area contributed by atoms with Crippen LogP contribution < -0.4 is 5.73 Å². The normalized spacial score (nSPS) is 11.5. The molecule has 0 aliphatic rings. The summed E-state index contributed by atoms with van der Waals surface area (Å²) in [7, 11) is 0. The number of aliphatic imine (C=N–C) groups is 1. The number of phenols is 1. The maximum absolute atomic E-state index is 9.26. The fourth-order valence-electron chi connectivity index (χ4n) is 1.31. The molecule has 0 aromatic heterocycles. The van der Waals surface area contributed by atoms with E-state index in [0.29, 0.717) is 11.6 Å². The lowest BCUT2D eigenvalue weighted by Gasteiger charge is -2.19. The van der Waals surface area contributed by atoms with Crippen LogP contribution in [0.1, 0.15) is 13.8 Å². The third kappa shape index (κ3) is 3.16. The average molecular weight is 207 g/mol. The van der Waals surface area contributed by atoms with Gasteiger partial charge in [0.25, 0.3) is 0 Å². The lowest BCUT2D eigenvalue weighted by atomic mass is 10.3. The van der Waals surface area contributed by atoms with Gasteiger partial charge in [-0.2, -0.15) is 0 Å². The first-order valence-corrected chi connectivity index (χ1v) is 5.05. The van der Waals surface area contributed by atoms with Gasteiger partial charge in [-0.15, -0.1) is 0 Å². The number of nitrogens with two attached hydrogens (primary N) is 1. The molecular formula is C11H17N3O. The molecule has 0 amide bonds. The van der Waals surface area contributed by atoms with Crippen molar-refractivity contribution in [3.8, 4) is 5.75 Å². The summed E-state index contributed by atoms with van der Waals surface area (Å²) in [5, 5.41) is 9.26. The lowest BCUT2D eigenvalue weighted by molar-refractivity contribution is 0.460. The molecular weight excluding hydrogens is 190 g/mol. The maximum atomic E-state index is 9.26. The van der Waals surface area contributed by atoms with Crippen molar-refractivity contribution in [2.75, 3.05) is 13.1 Å². The Kier molecular flexibility index (Phi) is 3.97. The molecule has 3 N–H and O–H groups in total. The highest BCUT2D eigenvalue weighted by molar-refractivity contribution is 5.81. The van der Waals surface area contributed by atoms with Crippen LogP contribution in [0.5, 0.6) is 5.75 Å². The lowest BCUT2D eigenvalue weighted by Crippen LogP contribution is -2.36. The molecule has 0 bridgehead atoms. The van der Waals surface area contributed by atoms with E-state index in [0.717, 1.165) is 13.1 Å². The Hall–Kier alpha value is -1.71. The van der Waals surface area contributed by atoms with Gasteiger partial charge in [0, 0.05) is 19.2 Å². The van der Waals surface area contributed by atoms with Crippen LogP contribution in [0.3, 0.4) is 0 Å². The zero-order valence-corrected chi connectivity index (χ0v) is 9.14. The Bertz CT molecular complexity index is 345. The first-order chi connectivity index (χ1) is 7.17. The van der Waals surface area contributed by atoms with Crippen LogP contribution in [0.15, 0.2) is 29.3 Å². The highest BCUT2D eigenvalue weighted by Crippen LogP contribution is 2.18. The van der Waals surface area contributed by atoms with E-state index in [1.807, 2.05) is 18.7 Å². The summed E-state index contributed by atoms with van der Waals surface area (Å²) in [4.78, 5) is 6.17. The molecule has 0 saturated heterocycles. The smallest absolute Gasteiger partial charge is 0.196 e. The van der Waals surface area contributed by atoms with Crippen LogP contribution in [0.2, 0.25) is 0 Å². The van der Waals surface area contributed by atoms with E-state index >= 15 is 0 Å². The van der Waals surface area contributed by atoms with Crippen molar-refractivity contribution in [1.82, 2.24) is 4.90 Å². The number of phenolic OH excluding ortho intramolecular Hbond substituents is 1. The second kappa shape index (κ2) is 5.24. The van der Waals surface area contributed by atoms with Crippen LogP contribution in [-0.4, -0.2) is 29.1 Å². The van der Waals surface area contributed by atoms with E-state index in [1.165, 1.54) is 0 Å². The molecule has 82 valence electrons. The van der Waals surface area contributed by atoms with Crippen molar-refractivity contribution in [3.05, 3.63) is 24.3 Å². The number of hydrogen-bond acceptors (Lipinski definition) is 2. The zero-order valence-electron chi connectivity index (χ0n) is 9.14. The van der Waals surface area contributed by atoms with E-state index in [4.69, 9.17) is 5.73 Å². The van der Waals surface area contributed by atoms with E-state index in [2.05, 4.69) is 4.99 Å². The second-order valence-electron chi connectivity index (χ2n) is 3.16. The van der Waals surface area contributed by atoms with Gasteiger partial charge in [0.1, 0.15) is 5.75 Å². The van der Waals surface area contributed by atoms with Gasteiger partial charge in [-0.05, 0) is 26.0 Å². The van der Waals surface area contributed by atoms with Gasteiger partial charge < -0.3 is 15.7 Å². The summed E-state index contributed by atoms with van der Waals surface area (Å²) < 4.78 is 0. The van der Waals surface area contributed by atoms with Gasteiger partial charge in [0.2, 0.25) is 0 Å². The molecule has 1 aromatic carbocycles. The Morgan fingerprint density at radius 3 is 2.60 bits per heavy atom. The summed E-state index contributed by atoms with van der Waals surface area (Å²) in [5.41, 5.74) is 6.48. The molecule has 0 aliphatic carbocycles. The number of guanidine groups is 1. The topological polar surface area (TPSA) is 61.8 Å². The third-order valence-corrected chi connectivity index (χ3v) is 2.16. The number of nitrogens with zero attached hydrogens (tertiary/aromatic N) is 2. The van der Waals surface area contributed by atoms with Crippen molar-refractivity contribution in [2.45, 2.75) is 13.8 Å². The van der Waals surface area contributed by atoms with E-state index in [1.54, 1.807) is 24.3 Å². The van der Waals surface area contributed by atoms with Gasteiger partial charge in [-0.25, -0.2) is 4.99 Å². The van der Waals surface area contributed by atoms with Crippen molar-refractivity contribution >= 4 is 11.6 Å². The summed E-state index contributed by atoms with van der Waals surface area (Å²) in [6.07, 6.45) is 0. The van der Waals surface area contributed by atoms with Crippen molar-refractivity contribution in [1.29, 1.82) is 0 Å². The van der Waals surface area contributed by atoms with E-state index in [9.17, 15) is 5.11 Å². The molecule has 0 heterocycles. The van der Waals surface area contributed by atoms with E-state index < -0.39 is 0 Å². The Morgan fingerprint density at radius 1 is 1.40 bits per heavy atom. The Labute approximate surface area is 90.0 Å². The Morgan fingerprint density at radius 2 is 2.07 bits per heavy atom. The molecule has 0 radical (unpaired) electrons. The quantitative estimate of drug-likeness (QED) is 0.585. The molecule has 0 saturated carbocycles. The van der Waals surface area contributed by atoms with Crippen molar-refractivity contribution < 1.29 is 5.11 Å². The van der Waals surface area contributed by atoms with Crippen LogP contribution >= 0.6 is 0 Å². The summed E-state index contributed by atoms with van der Waals surface area (Å²) in [5.74, 6) is 0.675. The minimum absolute atomic E-state index is 0.198. The number of rotatable bonds is 3. The Balaban J connectivity index is 2.86.